The molecule has 40 heavy (non-hydrogen) atoms. The average Bonchev–Trinajstić information content (AvgIpc) is 3.57. The van der Waals surface area contributed by atoms with Crippen LogP contribution in [0.1, 0.15) is 57.8 Å². The van der Waals surface area contributed by atoms with Crippen LogP contribution in [0.4, 0.5) is 24.5 Å². The molecular weight excluding hydrogens is 562 g/mol. The molecule has 4 aromatic rings. The van der Waals surface area contributed by atoms with Crippen molar-refractivity contribution in [2.45, 2.75) is 51.3 Å². The summed E-state index contributed by atoms with van der Waals surface area (Å²) in [5.41, 5.74) is -0.486. The Labute approximate surface area is 240 Å². The molecule has 2 aromatic heterocycles. The highest BCUT2D eigenvalue weighted by Gasteiger charge is 2.66. The number of nitrogens with one attached hydrogen (secondary N) is 2. The monoisotopic (exact) mass is 588 g/mol. The Morgan fingerprint density at radius 1 is 1.18 bits per heavy atom. The van der Waals surface area contributed by atoms with E-state index < -0.39 is 17.7 Å². The van der Waals surface area contributed by atoms with Gasteiger partial charge in [-0.3, -0.25) is 4.98 Å². The van der Waals surface area contributed by atoms with Crippen LogP contribution in [0.15, 0.2) is 48.8 Å². The van der Waals surface area contributed by atoms with Gasteiger partial charge >= 0.3 is 6.18 Å². The zero-order chi connectivity index (χ0) is 29.8. The first-order chi connectivity index (χ1) is 19.2. The molecule has 0 bridgehead atoms. The zero-order valence-corrected chi connectivity index (χ0v) is 23.4. The van der Waals surface area contributed by atoms with Gasteiger partial charge in [0.05, 0.1) is 35.4 Å². The summed E-state index contributed by atoms with van der Waals surface area (Å²) in [5, 5.41) is 25.0. The number of rotatable bonds is 7. The fourth-order valence-corrected chi connectivity index (χ4v) is 4.88. The minimum absolute atomic E-state index is 0.0904. The van der Waals surface area contributed by atoms with Gasteiger partial charge in [0.15, 0.2) is 5.54 Å². The molecule has 1 atom stereocenters. The van der Waals surface area contributed by atoms with E-state index in [0.29, 0.717) is 34.4 Å². The highest BCUT2D eigenvalue weighted by Crippen LogP contribution is 2.55. The van der Waals surface area contributed by atoms with Crippen LogP contribution >= 0.6 is 23.2 Å². The molecule has 1 fully saturated rings. The van der Waals surface area contributed by atoms with Crippen molar-refractivity contribution in [3.8, 4) is 6.07 Å². The van der Waals surface area contributed by atoms with E-state index in [4.69, 9.17) is 23.2 Å². The van der Waals surface area contributed by atoms with Crippen LogP contribution in [0.2, 0.25) is 10.0 Å². The van der Waals surface area contributed by atoms with Gasteiger partial charge in [-0.05, 0) is 42.0 Å². The number of hydrogen-bond donors (Lipinski definition) is 2. The van der Waals surface area contributed by atoms with E-state index in [-0.39, 0.29) is 39.6 Å². The summed E-state index contributed by atoms with van der Waals surface area (Å²) in [4.78, 5) is 4.36. The SMILES string of the molecule is [2H]C(Nc1cc(Cl)c2ncc(C#N)c(NCC(C)(C)C)c2c1)(c1cn(C2(C(F)(F)F)CC2)nn1)c1ccccc1Cl. The lowest BCUT2D eigenvalue weighted by atomic mass is 9.96. The van der Waals surface area contributed by atoms with E-state index in [1.807, 2.05) is 20.8 Å². The number of alkyl halides is 3. The summed E-state index contributed by atoms with van der Waals surface area (Å²) < 4.78 is 51.8. The maximum absolute atomic E-state index is 13.8. The lowest BCUT2D eigenvalue weighted by Crippen LogP contribution is -2.35. The van der Waals surface area contributed by atoms with Gasteiger partial charge in [0.2, 0.25) is 0 Å². The molecule has 208 valence electrons. The Kier molecular flexibility index (Phi) is 6.75. The van der Waals surface area contributed by atoms with E-state index in [2.05, 4.69) is 32.0 Å². The largest absolute Gasteiger partial charge is 0.413 e. The third-order valence-electron chi connectivity index (χ3n) is 6.69. The highest BCUT2D eigenvalue weighted by molar-refractivity contribution is 6.36. The highest BCUT2D eigenvalue weighted by atomic mass is 35.5. The Hall–Kier alpha value is -3.55. The molecule has 0 spiro atoms. The second-order valence-corrected chi connectivity index (χ2v) is 11.8. The number of fused-ring (bicyclic) bond motifs is 1. The summed E-state index contributed by atoms with van der Waals surface area (Å²) in [7, 11) is 0. The summed E-state index contributed by atoms with van der Waals surface area (Å²) in [6.07, 6.45) is -2.19. The topological polar surface area (TPSA) is 91.5 Å². The average molecular weight is 589 g/mol. The third-order valence-corrected chi connectivity index (χ3v) is 7.31. The summed E-state index contributed by atoms with van der Waals surface area (Å²) in [5.74, 6) is 0. The van der Waals surface area contributed by atoms with Gasteiger partial charge in [-0.1, -0.05) is 67.4 Å². The number of anilines is 2. The van der Waals surface area contributed by atoms with Gasteiger partial charge in [0, 0.05) is 28.8 Å². The van der Waals surface area contributed by atoms with E-state index in [1.165, 1.54) is 6.20 Å². The fourth-order valence-electron chi connectivity index (χ4n) is 4.39. The first kappa shape index (κ1) is 26.7. The number of aromatic nitrogens is 4. The van der Waals surface area contributed by atoms with Crippen molar-refractivity contribution in [1.82, 2.24) is 20.0 Å². The predicted molar refractivity (Wildman–Crippen MR) is 150 cm³/mol. The van der Waals surface area contributed by atoms with E-state index in [0.717, 1.165) is 10.9 Å². The molecule has 2 N–H and O–H groups in total. The van der Waals surface area contributed by atoms with Crippen molar-refractivity contribution in [3.63, 3.8) is 0 Å². The first-order valence-corrected chi connectivity index (χ1v) is 13.2. The molecule has 12 heteroatoms. The van der Waals surface area contributed by atoms with Gasteiger partial charge in [-0.15, -0.1) is 5.10 Å². The van der Waals surface area contributed by atoms with Crippen LogP contribution in [0.5, 0.6) is 0 Å². The molecule has 7 nitrogen and oxygen atoms in total. The standard InChI is InChI=1S/C28H26Cl2F3N7/c1-26(2,3)15-36-23-16(12-34)13-35-24-19(23)10-17(11-21(24)30)37-25(18-6-4-5-7-20(18)29)22-14-40(39-38-22)27(8-9-27)28(31,32)33/h4-7,10-11,13-14,25,37H,8-9,15H2,1-3H3,(H,35,36)/i25D. The van der Waals surface area contributed by atoms with Crippen LogP contribution in [-0.4, -0.2) is 32.7 Å². The fraction of sp³-hybridized carbons (Fsp3) is 0.357. The Morgan fingerprint density at radius 3 is 2.52 bits per heavy atom. The molecule has 0 saturated heterocycles. The molecule has 0 amide bonds. The molecule has 2 heterocycles. The molecule has 1 aliphatic carbocycles. The number of nitriles is 1. The molecule has 5 rings (SSSR count). The number of halogens is 5. The van der Waals surface area contributed by atoms with E-state index in [1.54, 1.807) is 36.4 Å². The Morgan fingerprint density at radius 2 is 1.90 bits per heavy atom. The summed E-state index contributed by atoms with van der Waals surface area (Å²) >= 11 is 13.1. The van der Waals surface area contributed by atoms with Gasteiger partial charge in [0.25, 0.3) is 0 Å². The predicted octanol–water partition coefficient (Wildman–Crippen LogP) is 7.72. The van der Waals surface area contributed by atoms with Crippen LogP contribution in [0.25, 0.3) is 10.9 Å². The third kappa shape index (κ3) is 5.28. The number of nitrogens with zero attached hydrogens (tertiary/aromatic N) is 5. The van der Waals surface area contributed by atoms with Crippen molar-refractivity contribution >= 4 is 45.5 Å². The number of benzene rings is 2. The van der Waals surface area contributed by atoms with Crippen molar-refractivity contribution in [1.29, 1.82) is 5.26 Å². The maximum Gasteiger partial charge on any atom is 0.413 e. The van der Waals surface area contributed by atoms with Gasteiger partial charge < -0.3 is 10.6 Å². The molecule has 1 saturated carbocycles. The van der Waals surface area contributed by atoms with Gasteiger partial charge in [-0.25, -0.2) is 4.68 Å². The van der Waals surface area contributed by atoms with Gasteiger partial charge in [0.1, 0.15) is 11.8 Å². The molecule has 1 aliphatic rings. The molecule has 1 unspecified atom stereocenters. The molecule has 2 aromatic carbocycles. The Balaban J connectivity index is 1.64. The van der Waals surface area contributed by atoms with Crippen LogP contribution in [-0.2, 0) is 5.54 Å². The summed E-state index contributed by atoms with van der Waals surface area (Å²) in [6, 6.07) is 9.94. The van der Waals surface area contributed by atoms with Crippen LogP contribution < -0.4 is 10.6 Å². The minimum Gasteiger partial charge on any atom is -0.383 e. The first-order valence-electron chi connectivity index (χ1n) is 13.0. The Bertz CT molecular complexity index is 1670. The van der Waals surface area contributed by atoms with Crippen LogP contribution in [0.3, 0.4) is 0 Å². The van der Waals surface area contributed by atoms with E-state index >= 15 is 0 Å². The second-order valence-electron chi connectivity index (χ2n) is 11.0. The van der Waals surface area contributed by atoms with Gasteiger partial charge in [-0.2, -0.15) is 18.4 Å². The number of pyridine rings is 1. The zero-order valence-electron chi connectivity index (χ0n) is 22.9. The molecule has 0 radical (unpaired) electrons. The second kappa shape index (κ2) is 10.1. The van der Waals surface area contributed by atoms with Crippen molar-refractivity contribution < 1.29 is 14.5 Å². The van der Waals surface area contributed by atoms with E-state index in [9.17, 15) is 19.8 Å². The lowest BCUT2D eigenvalue weighted by molar-refractivity contribution is -0.182. The van der Waals surface area contributed by atoms with Crippen molar-refractivity contribution in [3.05, 3.63) is 75.7 Å². The van der Waals surface area contributed by atoms with Crippen molar-refractivity contribution in [2.75, 3.05) is 17.2 Å². The van der Waals surface area contributed by atoms with Crippen LogP contribution in [0, 0.1) is 16.7 Å². The minimum atomic E-state index is -4.52. The maximum atomic E-state index is 13.8. The molecular formula is C28H26Cl2F3N7. The summed E-state index contributed by atoms with van der Waals surface area (Å²) in [6.45, 7) is 6.68. The smallest absolute Gasteiger partial charge is 0.383 e. The lowest BCUT2D eigenvalue weighted by Gasteiger charge is -2.23. The van der Waals surface area contributed by atoms with Crippen molar-refractivity contribution in [2.24, 2.45) is 5.41 Å². The quantitative estimate of drug-likeness (QED) is 0.229. The number of hydrogen-bond acceptors (Lipinski definition) is 6. The normalized spacial score (nSPS) is 16.6. The molecule has 0 aliphatic heterocycles.